The lowest BCUT2D eigenvalue weighted by atomic mass is 10.2. The van der Waals surface area contributed by atoms with Gasteiger partial charge in [0.2, 0.25) is 0 Å². The van der Waals surface area contributed by atoms with Crippen molar-refractivity contribution in [2.45, 2.75) is 12.8 Å². The minimum Gasteiger partial charge on any atom is -0.454 e. The van der Waals surface area contributed by atoms with Crippen molar-refractivity contribution in [3.05, 3.63) is 64.3 Å². The first-order valence-electron chi connectivity index (χ1n) is 10.4. The predicted octanol–water partition coefficient (Wildman–Crippen LogP) is 4.61. The molecule has 5 rings (SSSR count). The molecule has 37 heavy (non-hydrogen) atoms. The third-order valence-electron chi connectivity index (χ3n) is 5.15. The zero-order valence-corrected chi connectivity index (χ0v) is 19.3. The van der Waals surface area contributed by atoms with Crippen molar-refractivity contribution in [3.63, 3.8) is 0 Å². The number of nitrogens with zero attached hydrogens (tertiary/aromatic N) is 6. The van der Waals surface area contributed by atoms with E-state index in [2.05, 4.69) is 24.5 Å². The van der Waals surface area contributed by atoms with Gasteiger partial charge in [-0.1, -0.05) is 11.6 Å². The maximum atomic E-state index is 13.7. The average molecular weight is 541 g/mol. The third kappa shape index (κ3) is 4.79. The predicted molar refractivity (Wildman–Crippen MR) is 121 cm³/mol. The molecule has 1 aromatic heterocycles. The fraction of sp³-hybridized carbons (Fsp3) is 0.182. The van der Waals surface area contributed by atoms with E-state index in [0.29, 0.717) is 16.6 Å². The van der Waals surface area contributed by atoms with Crippen LogP contribution >= 0.6 is 11.6 Å². The van der Waals surface area contributed by atoms with Crippen LogP contribution in [0.5, 0.6) is 11.8 Å². The second-order valence-corrected chi connectivity index (χ2v) is 8.10. The largest absolute Gasteiger partial charge is 0.454 e. The summed E-state index contributed by atoms with van der Waals surface area (Å²) in [6.07, 6.45) is -2.94. The molecular formula is C22H14ClF5N6O3. The van der Waals surface area contributed by atoms with Crippen LogP contribution in [-0.2, 0) is 7.05 Å². The quantitative estimate of drug-likeness (QED) is 0.231. The summed E-state index contributed by atoms with van der Waals surface area (Å²) in [5, 5.41) is 4.73. The van der Waals surface area contributed by atoms with Crippen molar-refractivity contribution in [2.75, 3.05) is 6.61 Å². The summed E-state index contributed by atoms with van der Waals surface area (Å²) in [6.45, 7) is -4.72. The molecule has 2 aliphatic heterocycles. The molecule has 9 nitrogen and oxygen atoms in total. The number of rotatable bonds is 6. The Bertz CT molecular complexity index is 1630. The third-order valence-corrected chi connectivity index (χ3v) is 5.50. The molecule has 0 spiro atoms. The van der Waals surface area contributed by atoms with Crippen molar-refractivity contribution in [1.29, 1.82) is 0 Å². The summed E-state index contributed by atoms with van der Waals surface area (Å²) in [6, 6.07) is 9.21. The number of hydrogen-bond acceptors (Lipinski definition) is 6. The summed E-state index contributed by atoms with van der Waals surface area (Å²) in [5.41, 5.74) is 0.203. The van der Waals surface area contributed by atoms with E-state index in [9.17, 15) is 26.7 Å². The Kier molecular flexibility index (Phi) is 5.98. The summed E-state index contributed by atoms with van der Waals surface area (Å²) in [7, 11) is 1.72. The van der Waals surface area contributed by atoms with Crippen LogP contribution in [0.25, 0.3) is 33.8 Å². The number of benzene rings is 2. The number of imidazole rings is 1. The van der Waals surface area contributed by atoms with E-state index in [1.807, 2.05) is 0 Å². The van der Waals surface area contributed by atoms with Gasteiger partial charge in [-0.05, 0) is 42.5 Å². The minimum atomic E-state index is -4.66. The number of alkyl halides is 5. The highest BCUT2D eigenvalue weighted by Crippen LogP contribution is 2.33. The Morgan fingerprint density at radius 1 is 1.03 bits per heavy atom. The van der Waals surface area contributed by atoms with Gasteiger partial charge in [0.15, 0.2) is 12.4 Å². The van der Waals surface area contributed by atoms with Crippen molar-refractivity contribution in [1.82, 2.24) is 28.9 Å². The molecule has 15 heteroatoms. The summed E-state index contributed by atoms with van der Waals surface area (Å²) in [4.78, 5) is 21.6. The van der Waals surface area contributed by atoms with Gasteiger partial charge in [-0.3, -0.25) is 4.68 Å². The first-order chi connectivity index (χ1) is 17.5. The van der Waals surface area contributed by atoms with Crippen LogP contribution in [-0.4, -0.2) is 48.3 Å². The number of halogens is 6. The van der Waals surface area contributed by atoms with Crippen molar-refractivity contribution in [2.24, 2.45) is 7.05 Å². The molecule has 0 unspecified atom stereocenters. The molecule has 3 aromatic rings. The van der Waals surface area contributed by atoms with Crippen LogP contribution in [0.15, 0.2) is 53.5 Å². The molecule has 0 radical (unpaired) electrons. The zero-order chi connectivity index (χ0) is 26.5. The van der Waals surface area contributed by atoms with Gasteiger partial charge in [0.1, 0.15) is 16.6 Å². The van der Waals surface area contributed by atoms with Crippen LogP contribution < -0.4 is 15.2 Å². The zero-order valence-electron chi connectivity index (χ0n) is 18.6. The monoisotopic (exact) mass is 540 g/mol. The van der Waals surface area contributed by atoms with E-state index in [-0.39, 0.29) is 28.1 Å². The Morgan fingerprint density at radius 2 is 1.73 bits per heavy atom. The van der Waals surface area contributed by atoms with E-state index in [0.717, 1.165) is 9.13 Å². The van der Waals surface area contributed by atoms with Gasteiger partial charge < -0.3 is 9.47 Å². The van der Waals surface area contributed by atoms with Crippen LogP contribution in [0.1, 0.15) is 0 Å². The maximum Gasteiger partial charge on any atom is 0.422 e. The molecule has 0 saturated carbocycles. The molecule has 2 aromatic carbocycles. The molecule has 0 amide bonds. The van der Waals surface area contributed by atoms with Gasteiger partial charge >= 0.3 is 24.5 Å². The van der Waals surface area contributed by atoms with Gasteiger partial charge in [-0.15, -0.1) is 0 Å². The topological polar surface area (TPSA) is 89.0 Å². The van der Waals surface area contributed by atoms with E-state index >= 15 is 0 Å². The SMILES string of the molecule is Cn1cc2cc(-n3c(Cl)c4nc(OCC(F)(F)F)nc-4n(-c4ccc(OC(F)F)cc4)c3=O)ccc2n1. The molecule has 0 bridgehead atoms. The van der Waals surface area contributed by atoms with E-state index in [4.69, 9.17) is 11.6 Å². The highest BCUT2D eigenvalue weighted by molar-refractivity contribution is 6.32. The fourth-order valence-electron chi connectivity index (χ4n) is 3.71. The second-order valence-electron chi connectivity index (χ2n) is 7.74. The van der Waals surface area contributed by atoms with E-state index in [1.54, 1.807) is 36.1 Å². The number of hydrogen-bond donors (Lipinski definition) is 0. The van der Waals surface area contributed by atoms with Crippen LogP contribution in [0.4, 0.5) is 22.0 Å². The number of fused-ring (bicyclic) bond motifs is 2. The Morgan fingerprint density at radius 3 is 2.41 bits per heavy atom. The lowest BCUT2D eigenvalue weighted by Gasteiger charge is -2.17. The molecule has 0 saturated heterocycles. The van der Waals surface area contributed by atoms with Crippen LogP contribution in [0.3, 0.4) is 0 Å². The second kappa shape index (κ2) is 9.03. The lowest BCUT2D eigenvalue weighted by molar-refractivity contribution is -0.154. The molecule has 192 valence electrons. The molecule has 0 N–H and O–H groups in total. The van der Waals surface area contributed by atoms with E-state index in [1.165, 1.54) is 24.3 Å². The molecule has 3 heterocycles. The van der Waals surface area contributed by atoms with Gasteiger partial charge in [0, 0.05) is 18.6 Å². The fourth-order valence-corrected chi connectivity index (χ4v) is 4.01. The van der Waals surface area contributed by atoms with Gasteiger partial charge in [-0.2, -0.15) is 37.0 Å². The first-order valence-corrected chi connectivity index (χ1v) is 10.8. The molecule has 0 fully saturated rings. The number of aryl methyl sites for hydroxylation is 1. The first kappa shape index (κ1) is 24.5. The standard InChI is InChI=1S/C22H14ClF5N6O3/c1-32-9-11-8-13(4-7-15(11)31-32)33-17(23)16-18(30-20(29-16)36-10-22(26,27)28)34(21(33)35)12-2-5-14(6-3-12)37-19(24)25/h2-9,19H,10H2,1H3. The molecular weight excluding hydrogens is 527 g/mol. The van der Waals surface area contributed by atoms with Crippen molar-refractivity contribution in [3.8, 4) is 34.7 Å². The minimum absolute atomic E-state index is 0.127. The van der Waals surface area contributed by atoms with Crippen molar-refractivity contribution >= 4 is 22.5 Å². The van der Waals surface area contributed by atoms with Crippen molar-refractivity contribution < 1.29 is 31.4 Å². The van der Waals surface area contributed by atoms with Gasteiger partial charge in [0.25, 0.3) is 0 Å². The molecule has 0 aliphatic carbocycles. The normalized spacial score (nSPS) is 12.1. The Labute approximate surface area is 208 Å². The van der Waals surface area contributed by atoms with Gasteiger partial charge in [-0.25, -0.2) is 13.9 Å². The highest BCUT2D eigenvalue weighted by atomic mass is 35.5. The summed E-state index contributed by atoms with van der Waals surface area (Å²) in [5.74, 6) is -0.372. The summed E-state index contributed by atoms with van der Waals surface area (Å²) < 4.78 is 75.9. The highest BCUT2D eigenvalue weighted by Gasteiger charge is 2.31. The molecule has 2 aliphatic rings. The van der Waals surface area contributed by atoms with Crippen LogP contribution in [0, 0.1) is 0 Å². The van der Waals surface area contributed by atoms with Gasteiger partial charge in [0.05, 0.1) is 16.9 Å². The maximum absolute atomic E-state index is 13.7. The smallest absolute Gasteiger partial charge is 0.422 e. The average Bonchev–Trinajstić information content (AvgIpc) is 3.40. The Balaban J connectivity index is 1.72. The van der Waals surface area contributed by atoms with E-state index < -0.39 is 31.1 Å². The number of aromatic nitrogens is 6. The lowest BCUT2D eigenvalue weighted by Crippen LogP contribution is -2.31. The molecule has 0 atom stereocenters. The van der Waals surface area contributed by atoms with Crippen LogP contribution in [0.2, 0.25) is 5.15 Å². The number of ether oxygens (including phenoxy) is 2. The Hall–Kier alpha value is -4.20. The summed E-state index contributed by atoms with van der Waals surface area (Å²) >= 11 is 6.53.